The average Bonchev–Trinajstić information content (AvgIpc) is 2.30. The molecule has 17 heavy (non-hydrogen) atoms. The molecule has 0 N–H and O–H groups in total. The molecule has 0 atom stereocenters. The zero-order chi connectivity index (χ0) is 12.8. The van der Waals surface area contributed by atoms with Crippen molar-refractivity contribution in [1.29, 1.82) is 0 Å². The van der Waals surface area contributed by atoms with Gasteiger partial charge in [0, 0.05) is 17.8 Å². The van der Waals surface area contributed by atoms with Crippen LogP contribution in [-0.4, -0.2) is 23.0 Å². The lowest BCUT2D eigenvalue weighted by atomic mass is 10.2. The number of halogens is 1. The van der Waals surface area contributed by atoms with E-state index in [1.165, 1.54) is 19.4 Å². The maximum Gasteiger partial charge on any atom is 0.317 e. The molecule has 0 aliphatic heterocycles. The van der Waals surface area contributed by atoms with Crippen molar-refractivity contribution in [1.82, 2.24) is 4.98 Å². The van der Waals surface area contributed by atoms with E-state index in [0.29, 0.717) is 5.56 Å². The number of pyridine rings is 1. The highest BCUT2D eigenvalue weighted by Gasteiger charge is 2.13. The molecule has 0 unspecified atom stereocenters. The summed E-state index contributed by atoms with van der Waals surface area (Å²) in [7, 11) is 1.25. The van der Waals surface area contributed by atoms with Crippen molar-refractivity contribution in [2.45, 2.75) is 6.42 Å². The van der Waals surface area contributed by atoms with Crippen LogP contribution in [0.4, 0.5) is 5.69 Å². The maximum atomic E-state index is 10.8. The number of rotatable bonds is 2. The van der Waals surface area contributed by atoms with Gasteiger partial charge in [0.15, 0.2) is 0 Å². The molecule has 0 amide bonds. The summed E-state index contributed by atoms with van der Waals surface area (Å²) >= 11 is 5.52. The van der Waals surface area contributed by atoms with Gasteiger partial charge in [0.1, 0.15) is 6.42 Å². The summed E-state index contributed by atoms with van der Waals surface area (Å²) < 4.78 is 4.38. The minimum Gasteiger partial charge on any atom is -0.468 e. The van der Waals surface area contributed by atoms with Crippen LogP contribution in [0.1, 0.15) is 12.0 Å². The minimum absolute atomic E-state index is 0.0904. The predicted molar refractivity (Wildman–Crippen MR) is 59.4 cm³/mol. The fourth-order valence-corrected chi connectivity index (χ4v) is 1.10. The molecular formula is C10H7ClN2O4. The fourth-order valence-electron chi connectivity index (χ4n) is 0.923. The number of nitro groups is 1. The quantitative estimate of drug-likeness (QED) is 0.263. The summed E-state index contributed by atoms with van der Waals surface area (Å²) in [6, 6.07) is 1.19. The Hall–Kier alpha value is -2.13. The van der Waals surface area contributed by atoms with Crippen LogP contribution in [0.15, 0.2) is 12.3 Å². The first-order valence-electron chi connectivity index (χ1n) is 4.40. The maximum absolute atomic E-state index is 10.8. The molecule has 1 aromatic rings. The fraction of sp³-hybridized carbons (Fsp3) is 0.200. The Bertz CT molecular complexity index is 519. The van der Waals surface area contributed by atoms with Crippen LogP contribution in [-0.2, 0) is 9.53 Å². The molecule has 0 saturated carbocycles. The third-order valence-corrected chi connectivity index (χ3v) is 2.00. The van der Waals surface area contributed by atoms with Gasteiger partial charge in [0.2, 0.25) is 5.15 Å². The van der Waals surface area contributed by atoms with Gasteiger partial charge >= 0.3 is 11.7 Å². The molecule has 0 aliphatic carbocycles. The van der Waals surface area contributed by atoms with Crippen LogP contribution in [0.3, 0.4) is 0 Å². The van der Waals surface area contributed by atoms with Crippen molar-refractivity contribution in [3.8, 4) is 11.8 Å². The number of ether oxygens (including phenoxy) is 1. The Morgan fingerprint density at radius 3 is 3.00 bits per heavy atom. The number of nitrogens with zero attached hydrogens (tertiary/aromatic N) is 2. The van der Waals surface area contributed by atoms with Gasteiger partial charge in [-0.2, -0.15) is 0 Å². The molecule has 1 rings (SSSR count). The summed E-state index contributed by atoms with van der Waals surface area (Å²) in [6.07, 6.45) is 1.20. The number of aromatic nitrogens is 1. The van der Waals surface area contributed by atoms with Crippen molar-refractivity contribution >= 4 is 23.3 Å². The Morgan fingerprint density at radius 2 is 2.41 bits per heavy atom. The summed E-state index contributed by atoms with van der Waals surface area (Å²) in [5.41, 5.74) is -0.0125. The molecular weight excluding hydrogens is 248 g/mol. The van der Waals surface area contributed by atoms with Gasteiger partial charge in [0.05, 0.1) is 12.0 Å². The van der Waals surface area contributed by atoms with Crippen LogP contribution in [0.2, 0.25) is 5.15 Å². The molecule has 6 nitrogen and oxygen atoms in total. The number of esters is 1. The summed E-state index contributed by atoms with van der Waals surface area (Å²) in [5, 5.41) is 10.4. The SMILES string of the molecule is COC(=O)CC#Cc1cnc(Cl)c([N+](=O)[O-])c1. The highest BCUT2D eigenvalue weighted by Crippen LogP contribution is 2.21. The van der Waals surface area contributed by atoms with Gasteiger partial charge in [-0.3, -0.25) is 14.9 Å². The Kier molecular flexibility index (Phi) is 4.43. The largest absolute Gasteiger partial charge is 0.468 e. The molecule has 0 saturated heterocycles. The van der Waals surface area contributed by atoms with Gasteiger partial charge in [-0.1, -0.05) is 23.4 Å². The van der Waals surface area contributed by atoms with Crippen molar-refractivity contribution in [3.05, 3.63) is 33.1 Å². The van der Waals surface area contributed by atoms with Crippen molar-refractivity contribution < 1.29 is 14.5 Å². The van der Waals surface area contributed by atoms with E-state index >= 15 is 0 Å². The monoisotopic (exact) mass is 254 g/mol. The van der Waals surface area contributed by atoms with Crippen LogP contribution < -0.4 is 0 Å². The normalized spacial score (nSPS) is 9.06. The molecule has 88 valence electrons. The number of methoxy groups -OCH3 is 1. The summed E-state index contributed by atoms with van der Waals surface area (Å²) in [4.78, 5) is 24.3. The van der Waals surface area contributed by atoms with Gasteiger partial charge in [-0.15, -0.1) is 0 Å². The standard InChI is InChI=1S/C10H7ClN2O4/c1-17-9(14)4-2-3-7-5-8(13(15)16)10(11)12-6-7/h5-6H,4H2,1H3. The number of carbonyl (C=O) groups excluding carboxylic acids is 1. The van der Waals surface area contributed by atoms with Gasteiger partial charge in [-0.25, -0.2) is 4.98 Å². The van der Waals surface area contributed by atoms with Crippen LogP contribution in [0, 0.1) is 22.0 Å². The zero-order valence-electron chi connectivity index (χ0n) is 8.77. The van der Waals surface area contributed by atoms with Gasteiger partial charge in [0.25, 0.3) is 0 Å². The molecule has 0 fully saturated rings. The minimum atomic E-state index is -0.652. The summed E-state index contributed by atoms with van der Waals surface area (Å²) in [6.45, 7) is 0. The molecule has 0 aliphatic rings. The predicted octanol–water partition coefficient (Wildman–Crippen LogP) is 1.56. The van der Waals surface area contributed by atoms with E-state index in [9.17, 15) is 14.9 Å². The molecule has 7 heteroatoms. The van der Waals surface area contributed by atoms with E-state index in [1.54, 1.807) is 0 Å². The second-order valence-corrected chi connectivity index (χ2v) is 3.20. The Balaban J connectivity index is 2.89. The molecule has 0 aromatic carbocycles. The first-order chi connectivity index (χ1) is 8.04. The second kappa shape index (κ2) is 5.82. The van der Waals surface area contributed by atoms with Crippen LogP contribution in [0.25, 0.3) is 0 Å². The summed E-state index contributed by atoms with van der Waals surface area (Å²) in [5.74, 6) is 4.59. The molecule has 0 bridgehead atoms. The second-order valence-electron chi connectivity index (χ2n) is 2.85. The van der Waals surface area contributed by atoms with Gasteiger partial charge < -0.3 is 4.74 Å². The van der Waals surface area contributed by atoms with E-state index in [4.69, 9.17) is 11.6 Å². The van der Waals surface area contributed by atoms with Crippen LogP contribution in [0.5, 0.6) is 0 Å². The van der Waals surface area contributed by atoms with E-state index in [2.05, 4.69) is 21.6 Å². The smallest absolute Gasteiger partial charge is 0.317 e. The average molecular weight is 255 g/mol. The van der Waals surface area contributed by atoms with Crippen LogP contribution >= 0.6 is 11.6 Å². The number of hydrogen-bond acceptors (Lipinski definition) is 5. The first-order valence-corrected chi connectivity index (χ1v) is 4.78. The van der Waals surface area contributed by atoms with Crippen molar-refractivity contribution in [2.24, 2.45) is 0 Å². The molecule has 0 radical (unpaired) electrons. The van der Waals surface area contributed by atoms with Crippen molar-refractivity contribution in [3.63, 3.8) is 0 Å². The third kappa shape index (κ3) is 3.74. The molecule has 1 aromatic heterocycles. The first kappa shape index (κ1) is 12.9. The zero-order valence-corrected chi connectivity index (χ0v) is 9.52. The van der Waals surface area contributed by atoms with E-state index in [-0.39, 0.29) is 17.3 Å². The van der Waals surface area contributed by atoms with Crippen molar-refractivity contribution in [2.75, 3.05) is 7.11 Å². The Labute approximate surface area is 102 Å². The van der Waals surface area contributed by atoms with E-state index in [0.717, 1.165) is 0 Å². The lowest BCUT2D eigenvalue weighted by molar-refractivity contribution is -0.385. The molecule has 1 heterocycles. The lowest BCUT2D eigenvalue weighted by Crippen LogP contribution is -1.97. The third-order valence-electron chi connectivity index (χ3n) is 1.71. The Morgan fingerprint density at radius 1 is 1.71 bits per heavy atom. The highest BCUT2D eigenvalue weighted by atomic mass is 35.5. The molecule has 0 spiro atoms. The van der Waals surface area contributed by atoms with Gasteiger partial charge in [-0.05, 0) is 0 Å². The highest BCUT2D eigenvalue weighted by molar-refractivity contribution is 6.31. The van der Waals surface area contributed by atoms with E-state index in [1.807, 2.05) is 0 Å². The number of carbonyl (C=O) groups is 1. The topological polar surface area (TPSA) is 82.3 Å². The lowest BCUT2D eigenvalue weighted by Gasteiger charge is -1.94. The van der Waals surface area contributed by atoms with E-state index < -0.39 is 10.9 Å². The number of hydrogen-bond donors (Lipinski definition) is 0.